The SMILES string of the molecule is O=C(Cn1cnc2ccccc2c1=O)N(c1ccccc1)c1nc2ccccc2s1. The van der Waals surface area contributed by atoms with Crippen molar-refractivity contribution in [2.24, 2.45) is 0 Å². The summed E-state index contributed by atoms with van der Waals surface area (Å²) in [5.74, 6) is -0.264. The van der Waals surface area contributed by atoms with Gasteiger partial charge in [-0.1, -0.05) is 53.8 Å². The van der Waals surface area contributed by atoms with Crippen LogP contribution in [0.2, 0.25) is 0 Å². The first-order valence-corrected chi connectivity index (χ1v) is 10.2. The lowest BCUT2D eigenvalue weighted by Gasteiger charge is -2.20. The van der Waals surface area contributed by atoms with Crippen LogP contribution in [0.4, 0.5) is 10.8 Å². The Morgan fingerprint density at radius 1 is 0.900 bits per heavy atom. The zero-order valence-electron chi connectivity index (χ0n) is 15.8. The van der Waals surface area contributed by atoms with Crippen molar-refractivity contribution in [3.8, 4) is 0 Å². The van der Waals surface area contributed by atoms with Crippen LogP contribution in [-0.4, -0.2) is 20.4 Å². The standard InChI is InChI=1S/C23H16N4O2S/c28-21(14-26-15-24-18-11-5-4-10-17(18)22(26)29)27(16-8-2-1-3-9-16)23-25-19-12-6-7-13-20(19)30-23/h1-13,15H,14H2. The molecule has 0 aliphatic rings. The molecule has 2 aromatic heterocycles. The molecule has 3 aromatic carbocycles. The van der Waals surface area contributed by atoms with E-state index in [-0.39, 0.29) is 18.0 Å². The maximum absolute atomic E-state index is 13.4. The Morgan fingerprint density at radius 3 is 2.40 bits per heavy atom. The first kappa shape index (κ1) is 18.2. The van der Waals surface area contributed by atoms with Gasteiger partial charge in [0.25, 0.3) is 11.5 Å². The van der Waals surface area contributed by atoms with Crippen LogP contribution in [0.15, 0.2) is 90.0 Å². The normalized spacial score (nSPS) is 11.1. The van der Waals surface area contributed by atoms with Crippen molar-refractivity contribution >= 4 is 49.2 Å². The molecule has 0 bridgehead atoms. The van der Waals surface area contributed by atoms with Gasteiger partial charge in [0, 0.05) is 0 Å². The van der Waals surface area contributed by atoms with Crippen molar-refractivity contribution in [2.75, 3.05) is 4.90 Å². The van der Waals surface area contributed by atoms with E-state index in [0.29, 0.717) is 21.7 Å². The molecule has 5 rings (SSSR count). The van der Waals surface area contributed by atoms with Gasteiger partial charge in [-0.2, -0.15) is 0 Å². The zero-order chi connectivity index (χ0) is 20.5. The van der Waals surface area contributed by atoms with Crippen LogP contribution in [0, 0.1) is 0 Å². The van der Waals surface area contributed by atoms with Gasteiger partial charge < -0.3 is 0 Å². The Bertz CT molecular complexity index is 1390. The van der Waals surface area contributed by atoms with Gasteiger partial charge in [-0.15, -0.1) is 0 Å². The van der Waals surface area contributed by atoms with E-state index in [1.165, 1.54) is 22.2 Å². The minimum absolute atomic E-state index is 0.137. The van der Waals surface area contributed by atoms with Crippen LogP contribution in [-0.2, 0) is 11.3 Å². The van der Waals surface area contributed by atoms with Crippen molar-refractivity contribution in [3.63, 3.8) is 0 Å². The summed E-state index contributed by atoms with van der Waals surface area (Å²) in [7, 11) is 0. The number of nitrogens with zero attached hydrogens (tertiary/aromatic N) is 4. The number of hydrogen-bond donors (Lipinski definition) is 0. The van der Waals surface area contributed by atoms with E-state index < -0.39 is 0 Å². The summed E-state index contributed by atoms with van der Waals surface area (Å²) in [5, 5.41) is 1.05. The Labute approximate surface area is 175 Å². The highest BCUT2D eigenvalue weighted by atomic mass is 32.1. The molecule has 2 heterocycles. The third-order valence-electron chi connectivity index (χ3n) is 4.77. The molecule has 0 fully saturated rings. The summed E-state index contributed by atoms with van der Waals surface area (Å²) in [4.78, 5) is 36.7. The molecule has 0 aliphatic carbocycles. The number of benzene rings is 3. The summed E-state index contributed by atoms with van der Waals surface area (Å²) in [6.07, 6.45) is 1.42. The molecule has 0 unspecified atom stereocenters. The fraction of sp³-hybridized carbons (Fsp3) is 0.0435. The van der Waals surface area contributed by atoms with Gasteiger partial charge in [-0.05, 0) is 36.4 Å². The molecule has 0 atom stereocenters. The van der Waals surface area contributed by atoms with Crippen LogP contribution in [0.5, 0.6) is 0 Å². The van der Waals surface area contributed by atoms with E-state index >= 15 is 0 Å². The molecule has 0 saturated heterocycles. The predicted octanol–water partition coefficient (Wildman–Crippen LogP) is 4.37. The van der Waals surface area contributed by atoms with E-state index in [2.05, 4.69) is 9.97 Å². The van der Waals surface area contributed by atoms with Crippen LogP contribution in [0.1, 0.15) is 0 Å². The third-order valence-corrected chi connectivity index (χ3v) is 5.80. The van der Waals surface area contributed by atoms with Crippen LogP contribution in [0.25, 0.3) is 21.1 Å². The minimum Gasteiger partial charge on any atom is -0.289 e. The van der Waals surface area contributed by atoms with Gasteiger partial charge in [0.15, 0.2) is 5.13 Å². The van der Waals surface area contributed by atoms with Crippen LogP contribution < -0.4 is 10.5 Å². The monoisotopic (exact) mass is 412 g/mol. The maximum Gasteiger partial charge on any atom is 0.261 e. The van der Waals surface area contributed by atoms with E-state index in [1.807, 2.05) is 60.7 Å². The topological polar surface area (TPSA) is 68.1 Å². The number of aromatic nitrogens is 3. The second kappa shape index (κ2) is 7.53. The summed E-state index contributed by atoms with van der Waals surface area (Å²) >= 11 is 1.44. The Morgan fingerprint density at radius 2 is 1.60 bits per heavy atom. The van der Waals surface area contributed by atoms with Crippen molar-refractivity contribution in [3.05, 3.63) is 95.5 Å². The molecule has 146 valence electrons. The second-order valence-electron chi connectivity index (χ2n) is 6.72. The lowest BCUT2D eigenvalue weighted by atomic mass is 10.2. The third kappa shape index (κ3) is 3.25. The molecular weight excluding hydrogens is 396 g/mol. The number of rotatable bonds is 4. The summed E-state index contributed by atoms with van der Waals surface area (Å²) in [6, 6.07) is 24.2. The fourth-order valence-electron chi connectivity index (χ4n) is 3.33. The van der Waals surface area contributed by atoms with Gasteiger partial charge in [-0.25, -0.2) is 9.97 Å². The number of para-hydroxylation sites is 3. The molecule has 5 aromatic rings. The van der Waals surface area contributed by atoms with E-state index in [0.717, 1.165) is 10.2 Å². The van der Waals surface area contributed by atoms with Gasteiger partial charge in [0.2, 0.25) is 0 Å². The highest BCUT2D eigenvalue weighted by molar-refractivity contribution is 7.22. The maximum atomic E-state index is 13.4. The van der Waals surface area contributed by atoms with Gasteiger partial charge >= 0.3 is 0 Å². The Hall–Kier alpha value is -3.84. The largest absolute Gasteiger partial charge is 0.289 e. The Balaban J connectivity index is 1.57. The number of hydrogen-bond acceptors (Lipinski definition) is 5. The highest BCUT2D eigenvalue weighted by Gasteiger charge is 2.22. The molecular formula is C23H16N4O2S. The first-order chi connectivity index (χ1) is 14.7. The highest BCUT2D eigenvalue weighted by Crippen LogP contribution is 2.33. The van der Waals surface area contributed by atoms with Crippen molar-refractivity contribution in [1.29, 1.82) is 0 Å². The quantitative estimate of drug-likeness (QED) is 0.440. The number of carbonyl (C=O) groups excluding carboxylic acids is 1. The van der Waals surface area contributed by atoms with E-state index in [4.69, 9.17) is 0 Å². The lowest BCUT2D eigenvalue weighted by Crippen LogP contribution is -2.33. The number of thiazole rings is 1. The van der Waals surface area contributed by atoms with Crippen LogP contribution >= 0.6 is 11.3 Å². The molecule has 0 spiro atoms. The van der Waals surface area contributed by atoms with Gasteiger partial charge in [0.1, 0.15) is 6.54 Å². The number of carbonyl (C=O) groups is 1. The van der Waals surface area contributed by atoms with Crippen LogP contribution in [0.3, 0.4) is 0 Å². The average Bonchev–Trinajstić information content (AvgIpc) is 3.20. The van der Waals surface area contributed by atoms with Gasteiger partial charge in [-0.3, -0.25) is 19.1 Å². The average molecular weight is 412 g/mol. The number of amides is 1. The second-order valence-corrected chi connectivity index (χ2v) is 7.73. The smallest absolute Gasteiger partial charge is 0.261 e. The summed E-state index contributed by atoms with van der Waals surface area (Å²) in [6.45, 7) is -0.137. The van der Waals surface area contributed by atoms with E-state index in [9.17, 15) is 9.59 Å². The first-order valence-electron chi connectivity index (χ1n) is 9.38. The molecule has 6 nitrogen and oxygen atoms in total. The fourth-order valence-corrected chi connectivity index (χ4v) is 4.33. The Kier molecular flexibility index (Phi) is 4.57. The molecule has 30 heavy (non-hydrogen) atoms. The molecule has 1 amide bonds. The molecule has 7 heteroatoms. The number of anilines is 2. The predicted molar refractivity (Wildman–Crippen MR) is 119 cm³/mol. The van der Waals surface area contributed by atoms with Crippen molar-refractivity contribution in [1.82, 2.24) is 14.5 Å². The molecule has 0 N–H and O–H groups in total. The molecule has 0 saturated carbocycles. The van der Waals surface area contributed by atoms with Crippen molar-refractivity contribution < 1.29 is 4.79 Å². The minimum atomic E-state index is -0.264. The molecule has 0 aliphatic heterocycles. The lowest BCUT2D eigenvalue weighted by molar-refractivity contribution is -0.118. The summed E-state index contributed by atoms with van der Waals surface area (Å²) < 4.78 is 2.33. The summed E-state index contributed by atoms with van der Waals surface area (Å²) in [5.41, 5.74) is 1.89. The van der Waals surface area contributed by atoms with Gasteiger partial charge in [0.05, 0.1) is 33.1 Å². The van der Waals surface area contributed by atoms with Crippen molar-refractivity contribution in [2.45, 2.75) is 6.54 Å². The molecule has 0 radical (unpaired) electrons. The van der Waals surface area contributed by atoms with E-state index in [1.54, 1.807) is 23.1 Å². The number of fused-ring (bicyclic) bond motifs is 2. The zero-order valence-corrected chi connectivity index (χ0v) is 16.6.